The maximum absolute atomic E-state index is 4.69. The molecule has 0 amide bonds. The van der Waals surface area contributed by atoms with Gasteiger partial charge in [-0.2, -0.15) is 0 Å². The number of nitrogens with one attached hydrogen (secondary N) is 1. The normalized spacial score (nSPS) is 11.2. The second kappa shape index (κ2) is 8.15. The number of hydrogen-bond acceptors (Lipinski definition) is 4. The fraction of sp³-hybridized carbons (Fsp3) is 0.438. The molecule has 0 saturated heterocycles. The van der Waals surface area contributed by atoms with Gasteiger partial charge in [-0.1, -0.05) is 44.2 Å². The van der Waals surface area contributed by atoms with Crippen molar-refractivity contribution in [1.29, 1.82) is 0 Å². The lowest BCUT2D eigenvalue weighted by atomic mass is 10.2. The summed E-state index contributed by atoms with van der Waals surface area (Å²) in [6.45, 7) is 9.14. The van der Waals surface area contributed by atoms with Crippen LogP contribution in [-0.2, 0) is 19.6 Å². The van der Waals surface area contributed by atoms with Crippen molar-refractivity contribution in [3.8, 4) is 0 Å². The van der Waals surface area contributed by atoms with Gasteiger partial charge in [-0.25, -0.2) is 4.98 Å². The molecule has 0 bridgehead atoms. The quantitative estimate of drug-likeness (QED) is 0.808. The van der Waals surface area contributed by atoms with E-state index < -0.39 is 0 Å². The van der Waals surface area contributed by atoms with Gasteiger partial charge in [0.1, 0.15) is 5.01 Å². The van der Waals surface area contributed by atoms with E-state index in [0.29, 0.717) is 0 Å². The van der Waals surface area contributed by atoms with Gasteiger partial charge in [0.15, 0.2) is 0 Å². The predicted molar refractivity (Wildman–Crippen MR) is 85.7 cm³/mol. The van der Waals surface area contributed by atoms with E-state index in [2.05, 4.69) is 59.8 Å². The Kier molecular flexibility index (Phi) is 6.18. The van der Waals surface area contributed by atoms with Crippen molar-refractivity contribution in [2.24, 2.45) is 0 Å². The van der Waals surface area contributed by atoms with Crippen molar-refractivity contribution in [3.05, 3.63) is 52.0 Å². The Labute approximate surface area is 125 Å². The summed E-state index contributed by atoms with van der Waals surface area (Å²) < 4.78 is 0. The van der Waals surface area contributed by atoms with Gasteiger partial charge < -0.3 is 5.32 Å². The number of hydrogen-bond donors (Lipinski definition) is 1. The Hall–Kier alpha value is -1.23. The van der Waals surface area contributed by atoms with Crippen LogP contribution in [0.3, 0.4) is 0 Å². The van der Waals surface area contributed by atoms with E-state index in [0.717, 1.165) is 32.7 Å². The molecule has 2 aromatic rings. The van der Waals surface area contributed by atoms with Crippen LogP contribution >= 0.6 is 11.3 Å². The molecule has 0 aliphatic rings. The maximum atomic E-state index is 4.69. The maximum Gasteiger partial charge on any atom is 0.107 e. The van der Waals surface area contributed by atoms with Gasteiger partial charge in [-0.3, -0.25) is 4.90 Å². The van der Waals surface area contributed by atoms with Gasteiger partial charge >= 0.3 is 0 Å². The van der Waals surface area contributed by atoms with Gasteiger partial charge in [0, 0.05) is 25.0 Å². The lowest BCUT2D eigenvalue weighted by molar-refractivity contribution is 0.268. The zero-order valence-corrected chi connectivity index (χ0v) is 13.1. The zero-order valence-electron chi connectivity index (χ0n) is 12.3. The molecule has 0 spiro atoms. The summed E-state index contributed by atoms with van der Waals surface area (Å²) in [5.74, 6) is 0. The van der Waals surface area contributed by atoms with E-state index in [1.807, 2.05) is 0 Å². The third-order valence-corrected chi connectivity index (χ3v) is 4.10. The minimum Gasteiger partial charge on any atom is -0.311 e. The van der Waals surface area contributed by atoms with Crippen LogP contribution in [0.15, 0.2) is 35.7 Å². The topological polar surface area (TPSA) is 28.2 Å². The molecule has 20 heavy (non-hydrogen) atoms. The van der Waals surface area contributed by atoms with Crippen molar-refractivity contribution < 1.29 is 0 Å². The van der Waals surface area contributed by atoms with E-state index in [-0.39, 0.29) is 0 Å². The van der Waals surface area contributed by atoms with E-state index in [4.69, 9.17) is 4.98 Å². The number of thiazole rings is 1. The molecular formula is C16H23N3S. The summed E-state index contributed by atoms with van der Waals surface area (Å²) in [5.41, 5.74) is 2.54. The summed E-state index contributed by atoms with van der Waals surface area (Å²) >= 11 is 1.75. The molecular weight excluding hydrogens is 266 g/mol. The van der Waals surface area contributed by atoms with Crippen molar-refractivity contribution in [2.45, 2.75) is 33.5 Å². The molecule has 108 valence electrons. The molecule has 0 unspecified atom stereocenters. The zero-order chi connectivity index (χ0) is 14.2. The Balaban J connectivity index is 1.91. The predicted octanol–water partition coefficient (Wildman–Crippen LogP) is 3.27. The Morgan fingerprint density at radius 1 is 1.15 bits per heavy atom. The first-order valence-electron chi connectivity index (χ1n) is 7.22. The molecule has 4 heteroatoms. The third-order valence-electron chi connectivity index (χ3n) is 3.21. The van der Waals surface area contributed by atoms with Crippen LogP contribution in [0, 0.1) is 0 Å². The fourth-order valence-corrected chi connectivity index (χ4v) is 2.84. The van der Waals surface area contributed by atoms with Crippen LogP contribution in [0.1, 0.15) is 30.1 Å². The van der Waals surface area contributed by atoms with Gasteiger partial charge in [0.2, 0.25) is 0 Å². The molecule has 3 nitrogen and oxygen atoms in total. The summed E-state index contributed by atoms with van der Waals surface area (Å²) in [7, 11) is 0. The largest absolute Gasteiger partial charge is 0.311 e. The smallest absolute Gasteiger partial charge is 0.107 e. The van der Waals surface area contributed by atoms with Gasteiger partial charge in [-0.15, -0.1) is 11.3 Å². The molecule has 0 aliphatic heterocycles. The molecule has 2 rings (SSSR count). The molecule has 1 aromatic carbocycles. The molecule has 0 aliphatic carbocycles. The summed E-state index contributed by atoms with van der Waals surface area (Å²) in [6.07, 6.45) is 0. The molecule has 0 radical (unpaired) electrons. The second-order valence-electron chi connectivity index (χ2n) is 4.80. The Bertz CT molecular complexity index is 495. The average Bonchev–Trinajstić information content (AvgIpc) is 2.93. The van der Waals surface area contributed by atoms with Gasteiger partial charge in [-0.05, 0) is 18.7 Å². The third kappa shape index (κ3) is 4.71. The van der Waals surface area contributed by atoms with Crippen molar-refractivity contribution >= 4 is 11.3 Å². The molecule has 0 saturated carbocycles. The van der Waals surface area contributed by atoms with Crippen LogP contribution in [0.25, 0.3) is 0 Å². The lowest BCUT2D eigenvalue weighted by Crippen LogP contribution is -2.22. The first-order valence-corrected chi connectivity index (χ1v) is 8.10. The fourth-order valence-electron chi connectivity index (χ4n) is 2.08. The highest BCUT2D eigenvalue weighted by Gasteiger charge is 2.08. The van der Waals surface area contributed by atoms with E-state index in [1.54, 1.807) is 11.3 Å². The minimum absolute atomic E-state index is 0.881. The summed E-state index contributed by atoms with van der Waals surface area (Å²) in [4.78, 5) is 7.11. The van der Waals surface area contributed by atoms with Crippen molar-refractivity contribution in [3.63, 3.8) is 0 Å². The average molecular weight is 289 g/mol. The Morgan fingerprint density at radius 2 is 1.95 bits per heavy atom. The monoisotopic (exact) mass is 289 g/mol. The number of aromatic nitrogens is 1. The van der Waals surface area contributed by atoms with Crippen LogP contribution in [-0.4, -0.2) is 23.0 Å². The molecule has 1 heterocycles. The molecule has 0 atom stereocenters. The summed E-state index contributed by atoms with van der Waals surface area (Å²) in [6, 6.07) is 10.6. The summed E-state index contributed by atoms with van der Waals surface area (Å²) in [5, 5.41) is 6.68. The highest BCUT2D eigenvalue weighted by molar-refractivity contribution is 7.09. The SMILES string of the molecule is CCNCc1nc(CN(CC)Cc2ccccc2)cs1. The van der Waals surface area contributed by atoms with Crippen molar-refractivity contribution in [1.82, 2.24) is 15.2 Å². The molecule has 1 N–H and O–H groups in total. The van der Waals surface area contributed by atoms with E-state index >= 15 is 0 Å². The standard InChI is InChI=1S/C16H23N3S/c1-3-17-10-16-18-15(13-20-16)12-19(4-2)11-14-8-6-5-7-9-14/h5-9,13,17H,3-4,10-12H2,1-2H3. The molecule has 0 fully saturated rings. The van der Waals surface area contributed by atoms with Gasteiger partial charge in [0.05, 0.1) is 5.69 Å². The van der Waals surface area contributed by atoms with E-state index in [9.17, 15) is 0 Å². The lowest BCUT2D eigenvalue weighted by Gasteiger charge is -2.19. The minimum atomic E-state index is 0.881. The van der Waals surface area contributed by atoms with Crippen molar-refractivity contribution in [2.75, 3.05) is 13.1 Å². The van der Waals surface area contributed by atoms with Crippen LogP contribution in [0.4, 0.5) is 0 Å². The van der Waals surface area contributed by atoms with E-state index in [1.165, 1.54) is 16.3 Å². The number of nitrogens with zero attached hydrogens (tertiary/aromatic N) is 2. The van der Waals surface area contributed by atoms with Crippen LogP contribution in [0.5, 0.6) is 0 Å². The highest BCUT2D eigenvalue weighted by atomic mass is 32.1. The first-order chi connectivity index (χ1) is 9.81. The molecule has 1 aromatic heterocycles. The number of benzene rings is 1. The number of rotatable bonds is 8. The Morgan fingerprint density at radius 3 is 2.65 bits per heavy atom. The van der Waals surface area contributed by atoms with Crippen LogP contribution in [0.2, 0.25) is 0 Å². The highest BCUT2D eigenvalue weighted by Crippen LogP contribution is 2.13. The first kappa shape index (κ1) is 15.2. The second-order valence-corrected chi connectivity index (χ2v) is 5.74. The van der Waals surface area contributed by atoms with Crippen LogP contribution < -0.4 is 5.32 Å². The van der Waals surface area contributed by atoms with Gasteiger partial charge in [0.25, 0.3) is 0 Å².